The second kappa shape index (κ2) is 24.8. The summed E-state index contributed by atoms with van der Waals surface area (Å²) in [7, 11) is -11.1. The Balaban J connectivity index is 0.787. The van der Waals surface area contributed by atoms with Crippen molar-refractivity contribution in [3.63, 3.8) is 0 Å². The second-order valence-corrected chi connectivity index (χ2v) is 17.8. The molecule has 3 aromatic heterocycles. The highest BCUT2D eigenvalue weighted by atomic mass is 31.3. The lowest BCUT2D eigenvalue weighted by atomic mass is 9.99. The molecule has 2 saturated heterocycles. The predicted molar refractivity (Wildman–Crippen MR) is 226 cm³/mol. The van der Waals surface area contributed by atoms with Gasteiger partial charge in [0.05, 0.1) is 71.9 Å². The topological polar surface area (TPSA) is 418 Å². The molecule has 1 aromatic carbocycles. The Hall–Kier alpha value is -4.56. The number of hydrogen-bond donors (Lipinski definition) is 9. The molecule has 4 aromatic rings. The molecule has 10 atom stereocenters. The quantitative estimate of drug-likeness (QED) is 0.0222. The maximum atomic E-state index is 12.8. The number of aliphatic hydroxyl groups excluding tert-OH is 4. The largest absolute Gasteiger partial charge is 0.491 e. The number of aryl methyl sites for hydroxylation is 1. The number of amides is 1. The van der Waals surface area contributed by atoms with Crippen LogP contribution in [-0.4, -0.2) is 192 Å². The van der Waals surface area contributed by atoms with Crippen molar-refractivity contribution in [2.24, 2.45) is 0 Å². The van der Waals surface area contributed by atoms with Crippen LogP contribution in [0.3, 0.4) is 0 Å². The summed E-state index contributed by atoms with van der Waals surface area (Å²) in [6.45, 7) is 2.82. The second-order valence-electron chi connectivity index (χ2n) is 14.8. The van der Waals surface area contributed by atoms with Gasteiger partial charge in [-0.1, -0.05) is 0 Å². The van der Waals surface area contributed by atoms with Gasteiger partial charge in [-0.05, 0) is 31.2 Å². The van der Waals surface area contributed by atoms with Crippen LogP contribution in [0.5, 0.6) is 5.75 Å². The van der Waals surface area contributed by atoms with Crippen molar-refractivity contribution in [3.05, 3.63) is 46.8 Å². The molecular weight excluding hydrogens is 954 g/mol. The van der Waals surface area contributed by atoms with Crippen LogP contribution in [0.1, 0.15) is 24.9 Å². The predicted octanol–water partition coefficient (Wildman–Crippen LogP) is -2.38. The zero-order valence-electron chi connectivity index (χ0n) is 36.2. The van der Waals surface area contributed by atoms with Crippen LogP contribution >= 0.6 is 15.6 Å². The van der Waals surface area contributed by atoms with Crippen molar-refractivity contribution >= 4 is 38.7 Å². The van der Waals surface area contributed by atoms with Crippen LogP contribution in [0.2, 0.25) is 0 Å². The molecule has 5 unspecified atom stereocenters. The zero-order chi connectivity index (χ0) is 48.8. The summed E-state index contributed by atoms with van der Waals surface area (Å²) in [5.74, 6) is 0.762. The molecule has 0 bridgehead atoms. The molecule has 0 saturated carbocycles. The fraction of sp³-hybridized carbons (Fsp3) is 0.611. The van der Waals surface area contributed by atoms with Gasteiger partial charge in [-0.15, -0.1) is 20.4 Å². The average Bonchev–Trinajstić information content (AvgIpc) is 3.89. The number of carbonyl (C=O) groups is 1. The minimum atomic E-state index is -5.65. The van der Waals surface area contributed by atoms with E-state index in [1.807, 2.05) is 12.1 Å². The van der Waals surface area contributed by atoms with Crippen molar-refractivity contribution in [3.8, 4) is 17.1 Å². The highest BCUT2D eigenvalue weighted by Crippen LogP contribution is 2.61. The van der Waals surface area contributed by atoms with Crippen LogP contribution in [0.4, 0.5) is 5.95 Å². The van der Waals surface area contributed by atoms with E-state index in [1.54, 1.807) is 19.1 Å². The lowest BCUT2D eigenvalue weighted by molar-refractivity contribution is -0.273. The van der Waals surface area contributed by atoms with Gasteiger partial charge < -0.3 is 74.4 Å². The van der Waals surface area contributed by atoms with Crippen LogP contribution in [0.15, 0.2) is 35.4 Å². The van der Waals surface area contributed by atoms with Gasteiger partial charge in [0.25, 0.3) is 5.56 Å². The Labute approximate surface area is 385 Å². The molecule has 68 heavy (non-hydrogen) atoms. The van der Waals surface area contributed by atoms with Gasteiger partial charge in [-0.3, -0.25) is 28.2 Å². The Morgan fingerprint density at radius 1 is 0.868 bits per heavy atom. The summed E-state index contributed by atoms with van der Waals surface area (Å²) >= 11 is 0. The van der Waals surface area contributed by atoms with E-state index >= 15 is 0 Å². The van der Waals surface area contributed by atoms with Crippen molar-refractivity contribution in [2.75, 3.05) is 78.3 Å². The number of nitrogen functional groups attached to an aromatic ring is 1. The number of phosphoric ester groups is 2. The highest BCUT2D eigenvalue weighted by Gasteiger charge is 2.49. The first-order chi connectivity index (χ1) is 32.5. The number of nitrogens with one attached hydrogen (secondary N) is 2. The molecule has 10 N–H and O–H groups in total. The molecule has 6 rings (SSSR count). The lowest BCUT2D eigenvalue weighted by Gasteiger charge is -2.40. The lowest BCUT2D eigenvalue weighted by Crippen LogP contribution is -2.60. The number of aliphatic hydroxyl groups is 4. The third kappa shape index (κ3) is 15.5. The minimum absolute atomic E-state index is 0.0174. The molecule has 2 fully saturated rings. The van der Waals surface area contributed by atoms with Crippen LogP contribution in [0, 0.1) is 6.92 Å². The SMILES string of the molecule is Cc1nnc(-c2ccc(OCCOCCOCCOCCOCCC(=O)NCC3O[C@H](OP(=O)(O)OP(=O)(O)OC[C@@H]4C[C@H](O)[C@H](n5cnc6c(=O)[nH]c(N)nc65)O4)C(O)C(O)[C@@H]3O)cc2)nn1. The summed E-state index contributed by atoms with van der Waals surface area (Å²) in [5.41, 5.74) is 5.60. The Morgan fingerprint density at radius 3 is 2.16 bits per heavy atom. The molecule has 30 nitrogen and oxygen atoms in total. The molecular formula is C36H52N10O20P2. The van der Waals surface area contributed by atoms with Gasteiger partial charge in [0.1, 0.15) is 42.9 Å². The Morgan fingerprint density at radius 2 is 1.50 bits per heavy atom. The number of anilines is 1. The van der Waals surface area contributed by atoms with Gasteiger partial charge >= 0.3 is 15.6 Å². The van der Waals surface area contributed by atoms with Crippen LogP contribution < -0.4 is 21.3 Å². The first-order valence-electron chi connectivity index (χ1n) is 20.8. The first kappa shape index (κ1) is 52.8. The number of imidazole rings is 1. The van der Waals surface area contributed by atoms with Crippen molar-refractivity contribution in [1.82, 2.24) is 45.2 Å². The molecule has 2 aliphatic heterocycles. The number of phosphoric acid groups is 2. The smallest absolute Gasteiger partial charge is 0.483 e. The van der Waals surface area contributed by atoms with Crippen LogP contribution in [-0.2, 0) is 55.7 Å². The van der Waals surface area contributed by atoms with Crippen molar-refractivity contribution in [2.45, 2.75) is 68.9 Å². The van der Waals surface area contributed by atoms with E-state index in [4.69, 9.17) is 47.9 Å². The monoisotopic (exact) mass is 1010 g/mol. The number of hydrogen-bond acceptors (Lipinski definition) is 25. The molecule has 5 heterocycles. The van der Waals surface area contributed by atoms with Crippen molar-refractivity contribution in [1.29, 1.82) is 0 Å². The van der Waals surface area contributed by atoms with E-state index in [9.17, 15) is 48.9 Å². The third-order valence-electron chi connectivity index (χ3n) is 9.70. The van der Waals surface area contributed by atoms with Gasteiger partial charge in [-0.2, -0.15) is 9.29 Å². The fourth-order valence-electron chi connectivity index (χ4n) is 6.41. The van der Waals surface area contributed by atoms with E-state index in [1.165, 1.54) is 4.57 Å². The van der Waals surface area contributed by atoms with Crippen LogP contribution in [0.25, 0.3) is 22.6 Å². The Kier molecular flexibility index (Phi) is 19.3. The summed E-state index contributed by atoms with van der Waals surface area (Å²) in [4.78, 5) is 55.2. The van der Waals surface area contributed by atoms with E-state index in [0.717, 1.165) is 11.9 Å². The molecule has 0 spiro atoms. The van der Waals surface area contributed by atoms with Gasteiger partial charge in [-0.25, -0.2) is 14.1 Å². The number of nitrogens with zero attached hydrogens (tertiary/aromatic N) is 7. The number of carbonyl (C=O) groups excluding carboxylic acids is 1. The third-order valence-corrected chi connectivity index (χ3v) is 12.3. The summed E-state index contributed by atoms with van der Waals surface area (Å²) in [6, 6.07) is 7.20. The molecule has 2 aliphatic rings. The zero-order valence-corrected chi connectivity index (χ0v) is 38.0. The minimum Gasteiger partial charge on any atom is -0.491 e. The van der Waals surface area contributed by atoms with Gasteiger partial charge in [0.15, 0.2) is 29.5 Å². The van der Waals surface area contributed by atoms with E-state index in [0.29, 0.717) is 57.0 Å². The molecule has 0 radical (unpaired) electrons. The molecule has 0 aliphatic carbocycles. The van der Waals surface area contributed by atoms with E-state index in [-0.39, 0.29) is 49.8 Å². The van der Waals surface area contributed by atoms with E-state index in [2.05, 4.69) is 45.0 Å². The fourth-order valence-corrected chi connectivity index (χ4v) is 8.59. The summed E-state index contributed by atoms with van der Waals surface area (Å²) in [5, 5.41) is 60.0. The van der Waals surface area contributed by atoms with Gasteiger partial charge in [0, 0.05) is 24.9 Å². The number of ether oxygens (including phenoxy) is 7. The Bertz CT molecular complexity index is 2390. The standard InChI is InChI=1S/C36H52N10O20P2/c1-20-42-44-31(45-43-20)21-2-4-22(5-3-21)61-15-14-60-13-12-59-11-10-58-9-8-57-7-6-26(48)38-17-25-28(49)29(50)30(51)35(64-25)65-68(55,56)66-67(53,54)62-18-23-16-24(47)34(63-23)46-19-39-27-32(46)40-36(37)41-33(27)52/h2-5,19,23-25,28-30,34-35,47,49-51H,6-18H2,1H3,(H,38,48)(H,53,54)(H,55,56)(H3,37,40,41,52)/t23-,24-,25?,28+,29?,30?,34+,35+/m0/s1. The maximum Gasteiger partial charge on any atom is 0.483 e. The highest BCUT2D eigenvalue weighted by molar-refractivity contribution is 7.61. The number of aromatic nitrogens is 8. The molecule has 1 amide bonds. The number of rotatable bonds is 27. The van der Waals surface area contributed by atoms with Gasteiger partial charge in [0.2, 0.25) is 17.7 Å². The number of aromatic amines is 1. The number of benzene rings is 1. The summed E-state index contributed by atoms with van der Waals surface area (Å²) in [6.07, 6.45) is -12.5. The van der Waals surface area contributed by atoms with Crippen molar-refractivity contribution < 1.29 is 90.7 Å². The normalized spacial score (nSPS) is 24.7. The first-order valence-corrected chi connectivity index (χ1v) is 23.8. The number of fused-ring (bicyclic) bond motifs is 1. The molecule has 32 heteroatoms. The molecule has 376 valence electrons. The number of nitrogens with two attached hydrogens (primary N) is 1. The summed E-state index contributed by atoms with van der Waals surface area (Å²) < 4.78 is 78.9. The maximum absolute atomic E-state index is 12.8. The average molecular weight is 1010 g/mol. The number of H-pyrrole nitrogens is 1. The van der Waals surface area contributed by atoms with E-state index < -0.39 is 89.4 Å².